The Labute approximate surface area is 229 Å². The second-order valence-corrected chi connectivity index (χ2v) is 10.9. The van der Waals surface area contributed by atoms with Gasteiger partial charge in [0.2, 0.25) is 5.95 Å². The normalized spacial score (nSPS) is 22.4. The monoisotopic (exact) mass is 523 g/mol. The van der Waals surface area contributed by atoms with E-state index in [0.29, 0.717) is 29.3 Å². The van der Waals surface area contributed by atoms with Gasteiger partial charge in [-0.25, -0.2) is 9.97 Å². The van der Waals surface area contributed by atoms with Crippen molar-refractivity contribution in [3.8, 4) is 23.4 Å². The Balaban J connectivity index is 1.46. The van der Waals surface area contributed by atoms with Crippen LogP contribution in [0.4, 0.5) is 17.3 Å². The van der Waals surface area contributed by atoms with Crippen LogP contribution in [0.1, 0.15) is 48.6 Å². The van der Waals surface area contributed by atoms with Crippen LogP contribution in [0.25, 0.3) is 11.3 Å². The van der Waals surface area contributed by atoms with Gasteiger partial charge >= 0.3 is 0 Å². The molecule has 0 saturated carbocycles. The maximum atomic E-state index is 10.0. The Kier molecular flexibility index (Phi) is 7.24. The number of nitrogens with zero attached hydrogens (tertiary/aromatic N) is 5. The molecule has 0 aliphatic carbocycles. The van der Waals surface area contributed by atoms with Crippen molar-refractivity contribution in [3.63, 3.8) is 0 Å². The molecule has 1 fully saturated rings. The van der Waals surface area contributed by atoms with Gasteiger partial charge in [0.1, 0.15) is 6.07 Å². The molecular formula is C30H33N7O2. The molecule has 0 radical (unpaired) electrons. The lowest BCUT2D eigenvalue weighted by molar-refractivity contribution is -0.0705. The van der Waals surface area contributed by atoms with Gasteiger partial charge in [-0.2, -0.15) is 10.5 Å². The molecule has 2 unspecified atom stereocenters. The van der Waals surface area contributed by atoms with Crippen molar-refractivity contribution in [1.82, 2.24) is 14.9 Å². The van der Waals surface area contributed by atoms with Gasteiger partial charge < -0.3 is 20.5 Å². The highest BCUT2D eigenvalue weighted by atomic mass is 16.5. The molecule has 1 aromatic heterocycles. The Morgan fingerprint density at radius 1 is 1.18 bits per heavy atom. The molecule has 200 valence electrons. The minimum absolute atomic E-state index is 0.0307. The largest absolute Gasteiger partial charge is 0.395 e. The zero-order valence-corrected chi connectivity index (χ0v) is 22.7. The van der Waals surface area contributed by atoms with Crippen molar-refractivity contribution < 1.29 is 9.84 Å². The second kappa shape index (κ2) is 10.6. The van der Waals surface area contributed by atoms with Gasteiger partial charge in [-0.05, 0) is 67.8 Å². The summed E-state index contributed by atoms with van der Waals surface area (Å²) in [7, 11) is 0. The zero-order valence-electron chi connectivity index (χ0n) is 22.7. The lowest BCUT2D eigenvalue weighted by atomic mass is 9.83. The van der Waals surface area contributed by atoms with Crippen LogP contribution in [0.2, 0.25) is 0 Å². The number of hydrogen-bond acceptors (Lipinski definition) is 9. The standard InChI is InChI=1S/C30H33N7O2/c1-18-13-37(14-19(2)39-18)15-24-7-21(11-31)8-27(20(24)3)36-29-33-6-5-26(35-29)22-9-23(12-32)28-25(10-22)30(4,17-38)16-34-28/h5-10,18-19,34,38H,13-17H2,1-4H3,(H,33,35,36)/t18?,19?,30-/m1/s1. The molecule has 0 spiro atoms. The van der Waals surface area contributed by atoms with Crippen molar-refractivity contribution in [2.75, 3.05) is 36.9 Å². The fourth-order valence-corrected chi connectivity index (χ4v) is 5.55. The molecule has 3 N–H and O–H groups in total. The van der Waals surface area contributed by atoms with Crippen LogP contribution >= 0.6 is 0 Å². The van der Waals surface area contributed by atoms with Crippen LogP contribution < -0.4 is 10.6 Å². The molecular weight excluding hydrogens is 490 g/mol. The number of benzene rings is 2. The van der Waals surface area contributed by atoms with Crippen molar-refractivity contribution in [2.45, 2.75) is 51.9 Å². The van der Waals surface area contributed by atoms with Gasteiger partial charge in [0, 0.05) is 49.0 Å². The number of rotatable bonds is 6. The van der Waals surface area contributed by atoms with E-state index in [1.165, 1.54) is 0 Å². The number of morpholine rings is 1. The molecule has 3 atom stereocenters. The van der Waals surface area contributed by atoms with E-state index >= 15 is 0 Å². The van der Waals surface area contributed by atoms with Crippen molar-refractivity contribution >= 4 is 17.3 Å². The predicted molar refractivity (Wildman–Crippen MR) is 150 cm³/mol. The van der Waals surface area contributed by atoms with Gasteiger partial charge in [0.05, 0.1) is 47.4 Å². The van der Waals surface area contributed by atoms with E-state index in [1.54, 1.807) is 12.3 Å². The van der Waals surface area contributed by atoms with E-state index in [2.05, 4.69) is 46.5 Å². The third kappa shape index (κ3) is 5.30. The summed E-state index contributed by atoms with van der Waals surface area (Å²) < 4.78 is 5.88. The summed E-state index contributed by atoms with van der Waals surface area (Å²) >= 11 is 0. The molecule has 9 heteroatoms. The summed E-state index contributed by atoms with van der Waals surface area (Å²) in [6.45, 7) is 11.1. The number of nitriles is 2. The van der Waals surface area contributed by atoms with Crippen molar-refractivity contribution in [2.24, 2.45) is 0 Å². The topological polar surface area (TPSA) is 130 Å². The van der Waals surface area contributed by atoms with Gasteiger partial charge in [0.25, 0.3) is 0 Å². The van der Waals surface area contributed by atoms with E-state index in [0.717, 1.165) is 53.3 Å². The molecule has 5 rings (SSSR count). The molecule has 0 bridgehead atoms. The van der Waals surface area contributed by atoms with Crippen molar-refractivity contribution in [3.05, 3.63) is 64.3 Å². The quantitative estimate of drug-likeness (QED) is 0.435. The minimum atomic E-state index is -0.480. The highest BCUT2D eigenvalue weighted by molar-refractivity contribution is 5.76. The van der Waals surface area contributed by atoms with Crippen LogP contribution in [0.15, 0.2) is 36.5 Å². The summed E-state index contributed by atoms with van der Waals surface area (Å²) in [5.41, 5.74) is 6.59. The SMILES string of the molecule is Cc1c(CN2CC(C)OC(C)C2)cc(C#N)cc1Nc1nccc(-c2cc(C#N)c3c(c2)[C@@](C)(CO)CN3)n1. The van der Waals surface area contributed by atoms with Gasteiger partial charge in [-0.1, -0.05) is 6.92 Å². The Morgan fingerprint density at radius 2 is 1.95 bits per heavy atom. The first-order chi connectivity index (χ1) is 18.7. The van der Waals surface area contributed by atoms with Crippen LogP contribution in [-0.4, -0.2) is 58.4 Å². The molecule has 2 aliphatic rings. The Hall–Kier alpha value is -4.02. The maximum Gasteiger partial charge on any atom is 0.227 e. The molecule has 39 heavy (non-hydrogen) atoms. The lowest BCUT2D eigenvalue weighted by Crippen LogP contribution is -2.44. The predicted octanol–water partition coefficient (Wildman–Crippen LogP) is 4.22. The molecule has 3 aromatic rings. The van der Waals surface area contributed by atoms with E-state index < -0.39 is 5.41 Å². The average Bonchev–Trinajstić information content (AvgIpc) is 3.27. The first-order valence-electron chi connectivity index (χ1n) is 13.2. The van der Waals surface area contributed by atoms with Crippen LogP contribution in [0, 0.1) is 29.6 Å². The third-order valence-corrected chi connectivity index (χ3v) is 7.64. The minimum Gasteiger partial charge on any atom is -0.395 e. The fourth-order valence-electron chi connectivity index (χ4n) is 5.55. The van der Waals surface area contributed by atoms with Crippen LogP contribution in [0.3, 0.4) is 0 Å². The first-order valence-corrected chi connectivity index (χ1v) is 13.2. The summed E-state index contributed by atoms with van der Waals surface area (Å²) in [6, 6.07) is 13.9. The second-order valence-electron chi connectivity index (χ2n) is 10.9. The lowest BCUT2D eigenvalue weighted by Gasteiger charge is -2.35. The Bertz CT molecular complexity index is 1480. The number of anilines is 3. The number of ether oxygens (including phenoxy) is 1. The molecule has 1 saturated heterocycles. The highest BCUT2D eigenvalue weighted by Crippen LogP contribution is 2.41. The van der Waals surface area contributed by atoms with Crippen LogP contribution in [-0.2, 0) is 16.7 Å². The molecule has 2 aromatic carbocycles. The summed E-state index contributed by atoms with van der Waals surface area (Å²) in [4.78, 5) is 11.5. The molecule has 9 nitrogen and oxygen atoms in total. The number of aliphatic hydroxyl groups is 1. The fraction of sp³-hybridized carbons (Fsp3) is 0.400. The number of nitrogens with one attached hydrogen (secondary N) is 2. The van der Waals surface area contributed by atoms with E-state index in [9.17, 15) is 15.6 Å². The maximum absolute atomic E-state index is 10.0. The summed E-state index contributed by atoms with van der Waals surface area (Å²) in [5, 5.41) is 36.1. The van der Waals surface area contributed by atoms with Gasteiger partial charge in [0.15, 0.2) is 0 Å². The first kappa shape index (κ1) is 26.6. The van der Waals surface area contributed by atoms with E-state index in [1.807, 2.05) is 38.1 Å². The molecule has 3 heterocycles. The summed E-state index contributed by atoms with van der Waals surface area (Å²) in [5.74, 6) is 0.396. The van der Waals surface area contributed by atoms with E-state index in [-0.39, 0.29) is 18.8 Å². The zero-order chi connectivity index (χ0) is 27.7. The smallest absolute Gasteiger partial charge is 0.227 e. The average molecular weight is 524 g/mol. The molecule has 0 amide bonds. The number of aromatic nitrogens is 2. The Morgan fingerprint density at radius 3 is 2.64 bits per heavy atom. The molecule has 2 aliphatic heterocycles. The van der Waals surface area contributed by atoms with Crippen LogP contribution in [0.5, 0.6) is 0 Å². The third-order valence-electron chi connectivity index (χ3n) is 7.64. The van der Waals surface area contributed by atoms with E-state index in [4.69, 9.17) is 9.72 Å². The highest BCUT2D eigenvalue weighted by Gasteiger charge is 2.36. The number of fused-ring (bicyclic) bond motifs is 1. The summed E-state index contributed by atoms with van der Waals surface area (Å²) in [6.07, 6.45) is 2.00. The van der Waals surface area contributed by atoms with Gasteiger partial charge in [-0.15, -0.1) is 0 Å². The van der Waals surface area contributed by atoms with Crippen molar-refractivity contribution in [1.29, 1.82) is 10.5 Å². The van der Waals surface area contributed by atoms with Gasteiger partial charge in [-0.3, -0.25) is 4.90 Å². The number of aliphatic hydroxyl groups excluding tert-OH is 1. The number of hydrogen-bond donors (Lipinski definition) is 3.